The fourth-order valence-corrected chi connectivity index (χ4v) is 3.59. The van der Waals surface area contributed by atoms with Crippen LogP contribution in [0.5, 0.6) is 0 Å². The first kappa shape index (κ1) is 17.9. The van der Waals surface area contributed by atoms with Gasteiger partial charge in [0.2, 0.25) is 5.91 Å². The van der Waals surface area contributed by atoms with Crippen molar-refractivity contribution < 1.29 is 13.2 Å². The molecule has 21 heavy (non-hydrogen) atoms. The molecule has 0 radical (unpaired) electrons. The number of hydrogen-bond acceptors (Lipinski definition) is 4. The fourth-order valence-electron chi connectivity index (χ4n) is 2.32. The number of benzene rings is 1. The van der Waals surface area contributed by atoms with Crippen molar-refractivity contribution in [3.8, 4) is 0 Å². The van der Waals surface area contributed by atoms with Gasteiger partial charge in [0.05, 0.1) is 11.5 Å². The standard InChI is InChI=1S/C14H20N2O3S.ClH/c15-13(12-5-2-1-3-6-12)11-14(17)16-7-4-9-20(18,19)10-8-16;/h1-3,5-6,13H,4,7-11,15H2;1H. The van der Waals surface area contributed by atoms with Crippen molar-refractivity contribution >= 4 is 28.2 Å². The van der Waals surface area contributed by atoms with E-state index in [1.54, 1.807) is 4.90 Å². The lowest BCUT2D eigenvalue weighted by molar-refractivity contribution is -0.131. The van der Waals surface area contributed by atoms with Crippen molar-refractivity contribution in [3.63, 3.8) is 0 Å². The normalized spacial score (nSPS) is 19.2. The van der Waals surface area contributed by atoms with Gasteiger partial charge in [-0.1, -0.05) is 30.3 Å². The van der Waals surface area contributed by atoms with E-state index in [-0.39, 0.29) is 48.8 Å². The van der Waals surface area contributed by atoms with E-state index >= 15 is 0 Å². The number of amides is 1. The van der Waals surface area contributed by atoms with E-state index in [0.29, 0.717) is 13.0 Å². The maximum atomic E-state index is 12.2. The highest BCUT2D eigenvalue weighted by atomic mass is 35.5. The van der Waals surface area contributed by atoms with Gasteiger partial charge < -0.3 is 10.6 Å². The van der Waals surface area contributed by atoms with E-state index in [9.17, 15) is 13.2 Å². The molecule has 0 spiro atoms. The number of carbonyl (C=O) groups excluding carboxylic acids is 1. The van der Waals surface area contributed by atoms with Crippen LogP contribution in [-0.4, -0.2) is 43.8 Å². The highest BCUT2D eigenvalue weighted by Gasteiger charge is 2.23. The van der Waals surface area contributed by atoms with Crippen LogP contribution in [0.15, 0.2) is 30.3 Å². The molecule has 1 fully saturated rings. The second kappa shape index (κ2) is 7.77. The second-order valence-corrected chi connectivity index (χ2v) is 7.41. The molecule has 0 saturated carbocycles. The third-order valence-electron chi connectivity index (χ3n) is 3.53. The number of rotatable bonds is 3. The summed E-state index contributed by atoms with van der Waals surface area (Å²) in [6.07, 6.45) is 0.721. The predicted molar refractivity (Wildman–Crippen MR) is 85.1 cm³/mol. The highest BCUT2D eigenvalue weighted by Crippen LogP contribution is 2.16. The first-order chi connectivity index (χ1) is 9.48. The van der Waals surface area contributed by atoms with Crippen LogP contribution in [-0.2, 0) is 14.6 Å². The van der Waals surface area contributed by atoms with Crippen LogP contribution in [0, 0.1) is 0 Å². The van der Waals surface area contributed by atoms with Crippen molar-refractivity contribution in [2.24, 2.45) is 5.73 Å². The molecule has 1 amide bonds. The van der Waals surface area contributed by atoms with Crippen molar-refractivity contribution in [3.05, 3.63) is 35.9 Å². The third kappa shape index (κ3) is 5.30. The molecule has 1 aromatic carbocycles. The lowest BCUT2D eigenvalue weighted by Crippen LogP contribution is -2.35. The first-order valence-corrected chi connectivity index (χ1v) is 8.59. The monoisotopic (exact) mass is 332 g/mol. The molecule has 0 aliphatic carbocycles. The van der Waals surface area contributed by atoms with Crippen molar-refractivity contribution in [1.29, 1.82) is 0 Å². The van der Waals surface area contributed by atoms with Crippen molar-refractivity contribution in [1.82, 2.24) is 4.90 Å². The van der Waals surface area contributed by atoms with E-state index in [2.05, 4.69) is 0 Å². The lowest BCUT2D eigenvalue weighted by Gasteiger charge is -2.22. The molecular formula is C14H21ClN2O3S. The van der Waals surface area contributed by atoms with Crippen LogP contribution in [0.2, 0.25) is 0 Å². The van der Waals surface area contributed by atoms with E-state index < -0.39 is 9.84 Å². The fraction of sp³-hybridized carbons (Fsp3) is 0.500. The summed E-state index contributed by atoms with van der Waals surface area (Å²) in [5.41, 5.74) is 6.95. The van der Waals surface area contributed by atoms with Crippen LogP contribution in [0.3, 0.4) is 0 Å². The number of nitrogens with zero attached hydrogens (tertiary/aromatic N) is 1. The molecule has 1 heterocycles. The van der Waals surface area contributed by atoms with Gasteiger partial charge in [-0.25, -0.2) is 8.42 Å². The molecule has 1 aliphatic heterocycles. The summed E-state index contributed by atoms with van der Waals surface area (Å²) >= 11 is 0. The summed E-state index contributed by atoms with van der Waals surface area (Å²) in [4.78, 5) is 13.8. The van der Waals surface area contributed by atoms with Gasteiger partial charge in [0, 0.05) is 25.6 Å². The van der Waals surface area contributed by atoms with Crippen LogP contribution >= 0.6 is 12.4 Å². The molecule has 2 rings (SSSR count). The zero-order valence-electron chi connectivity index (χ0n) is 11.8. The van der Waals surface area contributed by atoms with Crippen LogP contribution in [0.25, 0.3) is 0 Å². The minimum absolute atomic E-state index is 0. The number of hydrogen-bond donors (Lipinski definition) is 1. The molecular weight excluding hydrogens is 312 g/mol. The van der Waals surface area contributed by atoms with Gasteiger partial charge in [-0.3, -0.25) is 4.79 Å². The Morgan fingerprint density at radius 1 is 1.19 bits per heavy atom. The zero-order chi connectivity index (χ0) is 14.6. The molecule has 7 heteroatoms. The topological polar surface area (TPSA) is 80.5 Å². The summed E-state index contributed by atoms with van der Waals surface area (Å²) in [6.45, 7) is 0.780. The largest absolute Gasteiger partial charge is 0.342 e. The molecule has 1 aromatic rings. The number of carbonyl (C=O) groups is 1. The summed E-state index contributed by atoms with van der Waals surface area (Å²) in [5, 5.41) is 0. The van der Waals surface area contributed by atoms with E-state index in [1.165, 1.54) is 0 Å². The SMILES string of the molecule is Cl.NC(CC(=O)N1CCCS(=O)(=O)CC1)c1ccccc1. The third-order valence-corrected chi connectivity index (χ3v) is 5.25. The van der Waals surface area contributed by atoms with E-state index in [4.69, 9.17) is 5.73 Å². The molecule has 1 unspecified atom stereocenters. The predicted octanol–water partition coefficient (Wildman–Crippen LogP) is 1.15. The summed E-state index contributed by atoms with van der Waals surface area (Å²) < 4.78 is 23.0. The van der Waals surface area contributed by atoms with Gasteiger partial charge >= 0.3 is 0 Å². The smallest absolute Gasteiger partial charge is 0.224 e. The lowest BCUT2D eigenvalue weighted by atomic mass is 10.0. The van der Waals surface area contributed by atoms with Crippen molar-refractivity contribution in [2.75, 3.05) is 24.6 Å². The average molecular weight is 333 g/mol. The first-order valence-electron chi connectivity index (χ1n) is 6.77. The Balaban J connectivity index is 0.00000220. The van der Waals surface area contributed by atoms with Gasteiger partial charge in [0.1, 0.15) is 0 Å². The second-order valence-electron chi connectivity index (χ2n) is 5.11. The van der Waals surface area contributed by atoms with Crippen LogP contribution in [0.1, 0.15) is 24.4 Å². The Labute approximate surface area is 131 Å². The highest BCUT2D eigenvalue weighted by molar-refractivity contribution is 7.91. The Morgan fingerprint density at radius 2 is 1.86 bits per heavy atom. The molecule has 0 aromatic heterocycles. The Bertz CT molecular complexity index is 563. The Kier molecular flexibility index (Phi) is 6.64. The zero-order valence-corrected chi connectivity index (χ0v) is 13.4. The van der Waals surface area contributed by atoms with E-state index in [0.717, 1.165) is 5.56 Å². The summed E-state index contributed by atoms with van der Waals surface area (Å²) in [6, 6.07) is 9.12. The van der Waals surface area contributed by atoms with Gasteiger partial charge in [-0.2, -0.15) is 0 Å². The minimum atomic E-state index is -2.99. The maximum Gasteiger partial charge on any atom is 0.224 e. The van der Waals surface area contributed by atoms with Gasteiger partial charge in [0.15, 0.2) is 9.84 Å². The Morgan fingerprint density at radius 3 is 2.52 bits per heavy atom. The number of sulfone groups is 1. The van der Waals surface area contributed by atoms with Gasteiger partial charge in [-0.15, -0.1) is 12.4 Å². The molecule has 1 saturated heterocycles. The quantitative estimate of drug-likeness (QED) is 0.900. The molecule has 2 N–H and O–H groups in total. The average Bonchev–Trinajstić information content (AvgIpc) is 2.60. The summed E-state index contributed by atoms with van der Waals surface area (Å²) in [7, 11) is -2.99. The van der Waals surface area contributed by atoms with Gasteiger partial charge in [-0.05, 0) is 12.0 Å². The molecule has 5 nitrogen and oxygen atoms in total. The molecule has 1 atom stereocenters. The van der Waals surface area contributed by atoms with Crippen LogP contribution in [0.4, 0.5) is 0 Å². The maximum absolute atomic E-state index is 12.2. The Hall–Kier alpha value is -1.11. The number of nitrogens with two attached hydrogens (primary N) is 1. The molecule has 118 valence electrons. The van der Waals surface area contributed by atoms with E-state index in [1.807, 2.05) is 30.3 Å². The van der Waals surface area contributed by atoms with Crippen molar-refractivity contribution in [2.45, 2.75) is 18.9 Å². The van der Waals surface area contributed by atoms with Crippen LogP contribution < -0.4 is 5.73 Å². The molecule has 0 bridgehead atoms. The summed E-state index contributed by atoms with van der Waals surface area (Å²) in [5.74, 6) is 0.152. The van der Waals surface area contributed by atoms with Gasteiger partial charge in [0.25, 0.3) is 0 Å². The number of halogens is 1. The molecule has 1 aliphatic rings. The minimum Gasteiger partial charge on any atom is -0.342 e.